The second kappa shape index (κ2) is 5.21. The van der Waals surface area contributed by atoms with Crippen molar-refractivity contribution in [3.63, 3.8) is 0 Å². The maximum absolute atomic E-state index is 5.91. The summed E-state index contributed by atoms with van der Waals surface area (Å²) in [4.78, 5) is 4.09. The summed E-state index contributed by atoms with van der Waals surface area (Å²) in [5, 5.41) is 3.76. The second-order valence-electron chi connectivity index (χ2n) is 3.67. The van der Waals surface area contributed by atoms with E-state index >= 15 is 0 Å². The molecule has 3 N–H and O–H groups in total. The van der Waals surface area contributed by atoms with Gasteiger partial charge in [-0.25, -0.2) is 4.98 Å². The van der Waals surface area contributed by atoms with Gasteiger partial charge in [0.2, 0.25) is 0 Å². The number of nitrogens with two attached hydrogens (primary N) is 1. The summed E-state index contributed by atoms with van der Waals surface area (Å²) in [5.41, 5.74) is 8.16. The quantitative estimate of drug-likeness (QED) is 0.777. The van der Waals surface area contributed by atoms with Crippen LogP contribution >= 0.6 is 11.6 Å². The largest absolute Gasteiger partial charge is 0.395 e. The molecule has 0 fully saturated rings. The van der Waals surface area contributed by atoms with Crippen LogP contribution in [0.25, 0.3) is 0 Å². The van der Waals surface area contributed by atoms with E-state index < -0.39 is 0 Å². The van der Waals surface area contributed by atoms with E-state index in [0.29, 0.717) is 16.9 Å². The number of pyridine rings is 1. The van der Waals surface area contributed by atoms with Crippen molar-refractivity contribution < 1.29 is 0 Å². The lowest BCUT2D eigenvalue weighted by atomic mass is 10.1. The van der Waals surface area contributed by atoms with Gasteiger partial charge >= 0.3 is 0 Å². The van der Waals surface area contributed by atoms with Gasteiger partial charge in [-0.1, -0.05) is 25.4 Å². The molecule has 0 aliphatic rings. The molecule has 0 radical (unpaired) electrons. The maximum Gasteiger partial charge on any atom is 0.154 e. The first kappa shape index (κ1) is 12.1. The lowest BCUT2D eigenvalue weighted by Gasteiger charge is -2.18. The number of nitrogens with one attached hydrogen (secondary N) is 1. The number of hydrogen-bond acceptors (Lipinski definition) is 3. The minimum atomic E-state index is 0.378. The van der Waals surface area contributed by atoms with Crippen LogP contribution in [0.1, 0.15) is 32.4 Å². The third kappa shape index (κ3) is 2.99. The standard InChI is InChI=1S/C11H18ClN3/c1-4-8(5-2)15-9-6-7(3)14-11(12)10(9)13/h6,8H,4-5,13H2,1-3H3,(H,14,15). The average Bonchev–Trinajstić information content (AvgIpc) is 2.21. The normalized spacial score (nSPS) is 10.7. The zero-order valence-corrected chi connectivity index (χ0v) is 10.2. The van der Waals surface area contributed by atoms with Crippen molar-refractivity contribution >= 4 is 23.0 Å². The Morgan fingerprint density at radius 2 is 2.07 bits per heavy atom. The first-order valence-electron chi connectivity index (χ1n) is 5.27. The van der Waals surface area contributed by atoms with Gasteiger partial charge in [0, 0.05) is 11.7 Å². The van der Waals surface area contributed by atoms with Crippen molar-refractivity contribution in [2.24, 2.45) is 0 Å². The zero-order valence-electron chi connectivity index (χ0n) is 9.47. The smallest absolute Gasteiger partial charge is 0.154 e. The van der Waals surface area contributed by atoms with Crippen LogP contribution in [0.5, 0.6) is 0 Å². The fourth-order valence-corrected chi connectivity index (χ4v) is 1.71. The molecule has 0 unspecified atom stereocenters. The molecule has 0 aliphatic carbocycles. The second-order valence-corrected chi connectivity index (χ2v) is 4.03. The van der Waals surface area contributed by atoms with Crippen LogP contribution in [0.2, 0.25) is 5.15 Å². The predicted molar refractivity (Wildman–Crippen MR) is 66.4 cm³/mol. The van der Waals surface area contributed by atoms with Crippen LogP contribution in [0.4, 0.5) is 11.4 Å². The van der Waals surface area contributed by atoms with Crippen molar-refractivity contribution in [2.45, 2.75) is 39.7 Å². The molecule has 15 heavy (non-hydrogen) atoms. The fraction of sp³-hybridized carbons (Fsp3) is 0.545. The molecule has 1 heterocycles. The molecule has 0 saturated heterocycles. The highest BCUT2D eigenvalue weighted by Crippen LogP contribution is 2.27. The van der Waals surface area contributed by atoms with E-state index in [0.717, 1.165) is 24.2 Å². The molecule has 1 aromatic rings. The van der Waals surface area contributed by atoms with Crippen molar-refractivity contribution in [2.75, 3.05) is 11.1 Å². The van der Waals surface area contributed by atoms with Gasteiger partial charge in [0.25, 0.3) is 0 Å². The lowest BCUT2D eigenvalue weighted by molar-refractivity contribution is 0.672. The number of halogens is 1. The monoisotopic (exact) mass is 227 g/mol. The van der Waals surface area contributed by atoms with Gasteiger partial charge in [0.05, 0.1) is 11.4 Å². The Bertz CT molecular complexity index is 335. The van der Waals surface area contributed by atoms with Crippen molar-refractivity contribution in [1.82, 2.24) is 4.98 Å². The van der Waals surface area contributed by atoms with Crippen LogP contribution in [-0.2, 0) is 0 Å². The molecule has 1 rings (SSSR count). The minimum absolute atomic E-state index is 0.378. The maximum atomic E-state index is 5.91. The van der Waals surface area contributed by atoms with Crippen molar-refractivity contribution in [3.05, 3.63) is 16.9 Å². The molecule has 0 aromatic carbocycles. The first-order chi connectivity index (χ1) is 7.08. The van der Waals surface area contributed by atoms with E-state index in [9.17, 15) is 0 Å². The Labute approximate surface area is 96.0 Å². The van der Waals surface area contributed by atoms with E-state index in [-0.39, 0.29) is 0 Å². The van der Waals surface area contributed by atoms with E-state index in [4.69, 9.17) is 17.3 Å². The van der Waals surface area contributed by atoms with Gasteiger partial charge in [-0.15, -0.1) is 0 Å². The molecule has 4 heteroatoms. The summed E-state index contributed by atoms with van der Waals surface area (Å²) >= 11 is 5.91. The van der Waals surface area contributed by atoms with Crippen LogP contribution in [0.3, 0.4) is 0 Å². The van der Waals surface area contributed by atoms with Crippen LogP contribution in [-0.4, -0.2) is 11.0 Å². The van der Waals surface area contributed by atoms with Gasteiger partial charge in [-0.05, 0) is 25.8 Å². The van der Waals surface area contributed by atoms with Crippen molar-refractivity contribution in [1.29, 1.82) is 0 Å². The lowest BCUT2D eigenvalue weighted by Crippen LogP contribution is -2.18. The van der Waals surface area contributed by atoms with Gasteiger partial charge in [-0.3, -0.25) is 0 Å². The SMILES string of the molecule is CCC(CC)Nc1cc(C)nc(Cl)c1N. The molecule has 0 atom stereocenters. The topological polar surface area (TPSA) is 50.9 Å². The summed E-state index contributed by atoms with van der Waals surface area (Å²) in [5.74, 6) is 0. The number of hydrogen-bond donors (Lipinski definition) is 2. The predicted octanol–water partition coefficient (Wildman–Crippen LogP) is 3.23. The number of nitrogens with zero attached hydrogens (tertiary/aromatic N) is 1. The van der Waals surface area contributed by atoms with Crippen LogP contribution < -0.4 is 11.1 Å². The number of nitrogen functional groups attached to an aromatic ring is 1. The highest BCUT2D eigenvalue weighted by molar-refractivity contribution is 6.32. The van der Waals surface area contributed by atoms with Crippen molar-refractivity contribution in [3.8, 4) is 0 Å². The van der Waals surface area contributed by atoms with Gasteiger partial charge in [0.1, 0.15) is 0 Å². The number of anilines is 2. The third-order valence-corrected chi connectivity index (χ3v) is 2.77. The first-order valence-corrected chi connectivity index (χ1v) is 5.65. The average molecular weight is 228 g/mol. The summed E-state index contributed by atoms with van der Waals surface area (Å²) in [6.45, 7) is 6.20. The molecule has 0 amide bonds. The van der Waals surface area contributed by atoms with Crippen LogP contribution in [0.15, 0.2) is 6.07 Å². The molecule has 0 saturated carbocycles. The molecule has 1 aromatic heterocycles. The minimum Gasteiger partial charge on any atom is -0.395 e. The molecule has 0 spiro atoms. The highest BCUT2D eigenvalue weighted by atomic mass is 35.5. The van der Waals surface area contributed by atoms with E-state index in [1.807, 2.05) is 13.0 Å². The molecular weight excluding hydrogens is 210 g/mol. The zero-order chi connectivity index (χ0) is 11.4. The Morgan fingerprint density at radius 3 is 2.60 bits per heavy atom. The Morgan fingerprint density at radius 1 is 1.47 bits per heavy atom. The van der Waals surface area contributed by atoms with E-state index in [2.05, 4.69) is 24.1 Å². The Kier molecular flexibility index (Phi) is 4.21. The van der Waals surface area contributed by atoms with Gasteiger partial charge in [-0.2, -0.15) is 0 Å². The Balaban J connectivity index is 2.93. The summed E-state index contributed by atoms with van der Waals surface area (Å²) in [7, 11) is 0. The van der Waals surface area contributed by atoms with E-state index in [1.165, 1.54) is 0 Å². The summed E-state index contributed by atoms with van der Waals surface area (Å²) in [6, 6.07) is 2.37. The summed E-state index contributed by atoms with van der Waals surface area (Å²) in [6.07, 6.45) is 2.13. The highest BCUT2D eigenvalue weighted by Gasteiger charge is 2.09. The van der Waals surface area contributed by atoms with Gasteiger partial charge in [0.15, 0.2) is 5.15 Å². The number of aromatic nitrogens is 1. The van der Waals surface area contributed by atoms with Gasteiger partial charge < -0.3 is 11.1 Å². The molecule has 0 bridgehead atoms. The number of rotatable bonds is 4. The van der Waals surface area contributed by atoms with E-state index in [1.54, 1.807) is 0 Å². The molecule has 3 nitrogen and oxygen atoms in total. The molecular formula is C11H18ClN3. The molecule has 0 aliphatic heterocycles. The number of aryl methyl sites for hydroxylation is 1. The third-order valence-electron chi connectivity index (χ3n) is 2.49. The summed E-state index contributed by atoms with van der Waals surface area (Å²) < 4.78 is 0. The fourth-order valence-electron chi connectivity index (χ4n) is 1.48. The Hall–Kier alpha value is -0.960. The van der Waals surface area contributed by atoms with Crippen LogP contribution in [0, 0.1) is 6.92 Å². The molecule has 84 valence electrons.